The van der Waals surface area contributed by atoms with Crippen LogP contribution >= 0.6 is 11.6 Å². The van der Waals surface area contributed by atoms with E-state index in [0.29, 0.717) is 16.3 Å². The fourth-order valence-electron chi connectivity index (χ4n) is 1.51. The molecule has 0 bridgehead atoms. The van der Waals surface area contributed by atoms with Crippen LogP contribution in [-0.4, -0.2) is 22.8 Å². The normalized spacial score (nSPS) is 12.7. The Morgan fingerprint density at radius 3 is 2.45 bits per heavy atom. The predicted molar refractivity (Wildman–Crippen MR) is 77.4 cm³/mol. The third kappa shape index (κ3) is 4.74. The molecule has 1 atom stereocenters. The van der Waals surface area contributed by atoms with Crippen LogP contribution in [0.25, 0.3) is 0 Å². The predicted octanol–water partition coefficient (Wildman–Crippen LogP) is 3.88. The molecule has 1 aromatic rings. The maximum atomic E-state index is 11.6. The topological polar surface area (TPSA) is 75.6 Å². The first-order chi connectivity index (χ1) is 9.10. The molecular formula is C14H18ClNO4. The first-order valence-corrected chi connectivity index (χ1v) is 6.50. The molecule has 0 aliphatic rings. The van der Waals surface area contributed by atoms with E-state index in [-0.39, 0.29) is 0 Å². The Balaban J connectivity index is 2.91. The van der Waals surface area contributed by atoms with Gasteiger partial charge < -0.3 is 9.84 Å². The summed E-state index contributed by atoms with van der Waals surface area (Å²) in [4.78, 5) is 22.6. The molecule has 5 nitrogen and oxygen atoms in total. The molecule has 0 heterocycles. The number of amides is 1. The number of aliphatic carboxylic acids is 1. The lowest BCUT2D eigenvalue weighted by atomic mass is 10.0. The van der Waals surface area contributed by atoms with E-state index in [1.807, 2.05) is 0 Å². The molecule has 1 unspecified atom stereocenters. The number of halogens is 1. The molecule has 1 amide bonds. The van der Waals surface area contributed by atoms with Crippen molar-refractivity contribution in [3.63, 3.8) is 0 Å². The van der Waals surface area contributed by atoms with Crippen LogP contribution in [0.2, 0.25) is 5.02 Å². The lowest BCUT2D eigenvalue weighted by Crippen LogP contribution is -2.27. The van der Waals surface area contributed by atoms with E-state index in [0.717, 1.165) is 0 Å². The van der Waals surface area contributed by atoms with Gasteiger partial charge in [0.05, 0.1) is 5.92 Å². The van der Waals surface area contributed by atoms with Crippen LogP contribution in [0.4, 0.5) is 10.5 Å². The molecule has 0 saturated carbocycles. The fourth-order valence-corrected chi connectivity index (χ4v) is 1.79. The summed E-state index contributed by atoms with van der Waals surface area (Å²) < 4.78 is 5.12. The highest BCUT2D eigenvalue weighted by Gasteiger charge is 2.19. The third-order valence-electron chi connectivity index (χ3n) is 2.48. The van der Waals surface area contributed by atoms with Crippen LogP contribution in [0.1, 0.15) is 39.2 Å². The highest BCUT2D eigenvalue weighted by molar-refractivity contribution is 6.31. The van der Waals surface area contributed by atoms with Gasteiger partial charge in [-0.1, -0.05) is 11.6 Å². The number of carbonyl (C=O) groups is 2. The van der Waals surface area contributed by atoms with Crippen LogP contribution in [0.15, 0.2) is 18.2 Å². The number of nitrogens with one attached hydrogen (secondary N) is 1. The first kappa shape index (κ1) is 16.3. The van der Waals surface area contributed by atoms with E-state index >= 15 is 0 Å². The Kier molecular flexibility index (Phi) is 5.00. The number of carbonyl (C=O) groups excluding carboxylic acids is 1. The van der Waals surface area contributed by atoms with Gasteiger partial charge in [-0.2, -0.15) is 0 Å². The fraction of sp³-hybridized carbons (Fsp3) is 0.429. The van der Waals surface area contributed by atoms with Gasteiger partial charge in [0.15, 0.2) is 0 Å². The van der Waals surface area contributed by atoms with Gasteiger partial charge in [-0.25, -0.2) is 4.79 Å². The van der Waals surface area contributed by atoms with Crippen molar-refractivity contribution in [2.24, 2.45) is 0 Å². The summed E-state index contributed by atoms with van der Waals surface area (Å²) in [5, 5.41) is 11.9. The zero-order valence-corrected chi connectivity index (χ0v) is 12.6. The molecule has 6 heteroatoms. The number of rotatable bonds is 3. The van der Waals surface area contributed by atoms with E-state index in [2.05, 4.69) is 5.32 Å². The molecule has 1 rings (SSSR count). The molecule has 0 aliphatic heterocycles. The molecule has 0 spiro atoms. The third-order valence-corrected chi connectivity index (χ3v) is 2.82. The van der Waals surface area contributed by atoms with Crippen molar-refractivity contribution in [3.05, 3.63) is 28.8 Å². The summed E-state index contributed by atoms with van der Waals surface area (Å²) in [5.74, 6) is -1.75. The number of carboxylic acid groups (broad SMARTS) is 1. The van der Waals surface area contributed by atoms with Gasteiger partial charge >= 0.3 is 12.1 Å². The van der Waals surface area contributed by atoms with E-state index in [1.54, 1.807) is 32.9 Å². The molecule has 20 heavy (non-hydrogen) atoms. The quantitative estimate of drug-likeness (QED) is 0.888. The Hall–Kier alpha value is -1.75. The number of ether oxygens (including phenoxy) is 1. The van der Waals surface area contributed by atoms with Crippen molar-refractivity contribution in [1.29, 1.82) is 0 Å². The summed E-state index contributed by atoms with van der Waals surface area (Å²) in [6.07, 6.45) is -0.603. The van der Waals surface area contributed by atoms with Crippen LogP contribution in [-0.2, 0) is 9.53 Å². The minimum absolute atomic E-state index is 0.342. The van der Waals surface area contributed by atoms with Gasteiger partial charge in [0.1, 0.15) is 5.60 Å². The van der Waals surface area contributed by atoms with Crippen molar-refractivity contribution in [1.82, 2.24) is 0 Å². The maximum Gasteiger partial charge on any atom is 0.412 e. The zero-order valence-electron chi connectivity index (χ0n) is 11.9. The highest BCUT2D eigenvalue weighted by atomic mass is 35.5. The van der Waals surface area contributed by atoms with E-state index in [9.17, 15) is 9.59 Å². The summed E-state index contributed by atoms with van der Waals surface area (Å²) in [7, 11) is 0. The summed E-state index contributed by atoms with van der Waals surface area (Å²) in [5.41, 5.74) is 0.271. The lowest BCUT2D eigenvalue weighted by molar-refractivity contribution is -0.138. The minimum Gasteiger partial charge on any atom is -0.481 e. The number of benzene rings is 1. The van der Waals surface area contributed by atoms with Crippen LogP contribution in [0.3, 0.4) is 0 Å². The van der Waals surface area contributed by atoms with Crippen LogP contribution in [0.5, 0.6) is 0 Å². The minimum atomic E-state index is -0.985. The Morgan fingerprint density at radius 1 is 1.35 bits per heavy atom. The van der Waals surface area contributed by atoms with Crippen molar-refractivity contribution >= 4 is 29.4 Å². The second kappa shape index (κ2) is 6.13. The van der Waals surface area contributed by atoms with Crippen molar-refractivity contribution < 1.29 is 19.4 Å². The molecule has 0 radical (unpaired) electrons. The number of carboxylic acids is 1. The Bertz CT molecular complexity index is 522. The molecular weight excluding hydrogens is 282 g/mol. The first-order valence-electron chi connectivity index (χ1n) is 6.12. The van der Waals surface area contributed by atoms with Gasteiger partial charge in [-0.05, 0) is 51.5 Å². The molecule has 2 N–H and O–H groups in total. The SMILES string of the molecule is CC(C(=O)O)c1cc(NC(=O)OC(C)(C)C)ccc1Cl. The Morgan fingerprint density at radius 2 is 1.95 bits per heavy atom. The Labute approximate surface area is 122 Å². The molecule has 1 aromatic carbocycles. The summed E-state index contributed by atoms with van der Waals surface area (Å²) in [6, 6.07) is 4.67. The zero-order chi connectivity index (χ0) is 15.5. The van der Waals surface area contributed by atoms with Crippen LogP contribution in [0, 0.1) is 0 Å². The van der Waals surface area contributed by atoms with Crippen LogP contribution < -0.4 is 5.32 Å². The maximum absolute atomic E-state index is 11.6. The van der Waals surface area contributed by atoms with E-state index < -0.39 is 23.6 Å². The molecule has 0 fully saturated rings. The second-order valence-corrected chi connectivity index (χ2v) is 5.83. The largest absolute Gasteiger partial charge is 0.481 e. The number of hydrogen-bond donors (Lipinski definition) is 2. The summed E-state index contributed by atoms with van der Waals surface area (Å²) in [6.45, 7) is 6.80. The lowest BCUT2D eigenvalue weighted by Gasteiger charge is -2.20. The smallest absolute Gasteiger partial charge is 0.412 e. The van der Waals surface area contributed by atoms with Crippen molar-refractivity contribution in [2.45, 2.75) is 39.2 Å². The van der Waals surface area contributed by atoms with Gasteiger partial charge in [0.25, 0.3) is 0 Å². The average molecular weight is 300 g/mol. The highest BCUT2D eigenvalue weighted by Crippen LogP contribution is 2.28. The number of anilines is 1. The van der Waals surface area contributed by atoms with Gasteiger partial charge in [-0.3, -0.25) is 10.1 Å². The van der Waals surface area contributed by atoms with E-state index in [1.165, 1.54) is 13.0 Å². The molecule has 0 saturated heterocycles. The van der Waals surface area contributed by atoms with Gasteiger partial charge in [0, 0.05) is 10.7 Å². The standard InChI is InChI=1S/C14H18ClNO4/c1-8(12(17)18)10-7-9(5-6-11(10)15)16-13(19)20-14(2,3)4/h5-8H,1-4H3,(H,16,19)(H,17,18). The van der Waals surface area contributed by atoms with Gasteiger partial charge in [-0.15, -0.1) is 0 Å². The van der Waals surface area contributed by atoms with Crippen molar-refractivity contribution in [3.8, 4) is 0 Å². The average Bonchev–Trinajstić information content (AvgIpc) is 2.28. The van der Waals surface area contributed by atoms with E-state index in [4.69, 9.17) is 21.4 Å². The molecule has 110 valence electrons. The molecule has 0 aromatic heterocycles. The van der Waals surface area contributed by atoms with Gasteiger partial charge in [0.2, 0.25) is 0 Å². The monoisotopic (exact) mass is 299 g/mol. The number of hydrogen-bond acceptors (Lipinski definition) is 3. The molecule has 0 aliphatic carbocycles. The summed E-state index contributed by atoms with van der Waals surface area (Å²) >= 11 is 5.97. The second-order valence-electron chi connectivity index (χ2n) is 5.42. The van der Waals surface area contributed by atoms with Crippen molar-refractivity contribution in [2.75, 3.05) is 5.32 Å².